The summed E-state index contributed by atoms with van der Waals surface area (Å²) in [6.45, 7) is 10.8. The summed E-state index contributed by atoms with van der Waals surface area (Å²) in [6, 6.07) is 6.69. The summed E-state index contributed by atoms with van der Waals surface area (Å²) in [5, 5.41) is 3.01. The summed E-state index contributed by atoms with van der Waals surface area (Å²) in [7, 11) is 0. The minimum atomic E-state index is -0.655. The van der Waals surface area contributed by atoms with Crippen molar-refractivity contribution in [1.29, 1.82) is 0 Å². The maximum atomic E-state index is 15.0. The molecule has 1 amide bonds. The Kier molecular flexibility index (Phi) is 6.71. The molecule has 12 heteroatoms. The number of fused-ring (bicyclic) bond motifs is 3. The van der Waals surface area contributed by atoms with E-state index in [4.69, 9.17) is 4.74 Å². The number of halogens is 2. The van der Waals surface area contributed by atoms with Crippen LogP contribution in [0.1, 0.15) is 33.5 Å². The number of benzene rings is 1. The van der Waals surface area contributed by atoms with Crippen LogP contribution in [0.4, 0.5) is 31.0 Å². The molecular weight excluding hydrogens is 530 g/mol. The number of rotatable bonds is 4. The first-order valence-corrected chi connectivity index (χ1v) is 13.7. The maximum Gasteiger partial charge on any atom is 0.410 e. The van der Waals surface area contributed by atoms with Crippen LogP contribution in [-0.2, 0) is 17.7 Å². The summed E-state index contributed by atoms with van der Waals surface area (Å²) in [5.74, 6) is 0.707. The number of carbonyl (C=O) groups excluding carboxylic acids is 1. The second-order valence-electron chi connectivity index (χ2n) is 11.6. The topological polar surface area (TPSA) is 101 Å². The van der Waals surface area contributed by atoms with E-state index in [1.165, 1.54) is 6.07 Å². The molecule has 2 aliphatic rings. The number of aromatic nitrogens is 5. The van der Waals surface area contributed by atoms with Crippen molar-refractivity contribution in [3.8, 4) is 11.3 Å². The first kappa shape index (κ1) is 26.9. The number of nitrogens with one attached hydrogen (secondary N) is 1. The van der Waals surface area contributed by atoms with Gasteiger partial charge in [-0.1, -0.05) is 6.92 Å². The second kappa shape index (κ2) is 10.2. The molecule has 10 nitrogen and oxygen atoms in total. The molecule has 0 saturated carbocycles. The van der Waals surface area contributed by atoms with Gasteiger partial charge in [0.15, 0.2) is 11.6 Å². The van der Waals surface area contributed by atoms with Crippen molar-refractivity contribution in [1.82, 2.24) is 29.4 Å². The van der Waals surface area contributed by atoms with Gasteiger partial charge in [0, 0.05) is 44.7 Å². The van der Waals surface area contributed by atoms with Crippen LogP contribution < -0.4 is 10.2 Å². The number of hydrogen-bond acceptors (Lipinski definition) is 8. The standard InChI is InChI=1S/C29H32F2N8O2/c1-17-11-24-35-26-20(30)12-18(13-22(26)39(24)16-17)25-21(31)15-33-27(36-25)34-23-6-5-19(14-32-23)37-7-9-38(10-8-37)28(40)41-29(2,3)4/h5-6,12-15,17H,7-11,16H2,1-4H3,(H,32,33,34,36). The lowest BCUT2D eigenvalue weighted by molar-refractivity contribution is 0.0240. The van der Waals surface area contributed by atoms with Gasteiger partial charge in [0.25, 0.3) is 0 Å². The third kappa shape index (κ3) is 5.50. The van der Waals surface area contributed by atoms with Crippen molar-refractivity contribution in [2.75, 3.05) is 36.4 Å². The van der Waals surface area contributed by atoms with Gasteiger partial charge in [0.2, 0.25) is 5.95 Å². The average molecular weight is 563 g/mol. The third-order valence-electron chi connectivity index (χ3n) is 7.21. The molecule has 4 aromatic rings. The number of nitrogens with zero attached hydrogens (tertiary/aromatic N) is 7. The Labute approximate surface area is 236 Å². The Morgan fingerprint density at radius 3 is 2.51 bits per heavy atom. The van der Waals surface area contributed by atoms with Crippen molar-refractivity contribution in [2.45, 2.75) is 46.3 Å². The minimum absolute atomic E-state index is 0.00984. The number of anilines is 3. The number of ether oxygens (including phenoxy) is 1. The smallest absolute Gasteiger partial charge is 0.410 e. The summed E-state index contributed by atoms with van der Waals surface area (Å²) in [6.07, 6.45) is 3.27. The van der Waals surface area contributed by atoms with Gasteiger partial charge in [-0.15, -0.1) is 0 Å². The molecular formula is C29H32F2N8O2. The number of imidazole rings is 1. The molecule has 0 spiro atoms. The lowest BCUT2D eigenvalue weighted by Gasteiger charge is -2.36. The van der Waals surface area contributed by atoms with Crippen molar-refractivity contribution >= 4 is 34.6 Å². The molecule has 1 aromatic carbocycles. The van der Waals surface area contributed by atoms with Gasteiger partial charge in [0.1, 0.15) is 28.5 Å². The van der Waals surface area contributed by atoms with E-state index in [2.05, 4.69) is 37.1 Å². The van der Waals surface area contributed by atoms with E-state index in [1.807, 2.05) is 31.4 Å². The number of amides is 1. The number of carbonyl (C=O) groups is 1. The fourth-order valence-corrected chi connectivity index (χ4v) is 5.28. The van der Waals surface area contributed by atoms with Crippen LogP contribution in [-0.4, -0.2) is 67.3 Å². The number of pyridine rings is 1. The minimum Gasteiger partial charge on any atom is -0.444 e. The highest BCUT2D eigenvalue weighted by atomic mass is 19.1. The van der Waals surface area contributed by atoms with Gasteiger partial charge in [-0.2, -0.15) is 0 Å². The van der Waals surface area contributed by atoms with Crippen molar-refractivity contribution in [2.24, 2.45) is 5.92 Å². The van der Waals surface area contributed by atoms with E-state index in [1.54, 1.807) is 23.2 Å². The van der Waals surface area contributed by atoms with Gasteiger partial charge in [-0.3, -0.25) is 0 Å². The van der Waals surface area contributed by atoms with Crippen molar-refractivity contribution in [3.05, 3.63) is 54.1 Å². The summed E-state index contributed by atoms with van der Waals surface area (Å²) in [5.41, 5.74) is 1.61. The highest BCUT2D eigenvalue weighted by molar-refractivity contribution is 5.83. The largest absolute Gasteiger partial charge is 0.444 e. The molecule has 0 radical (unpaired) electrons. The Bertz CT molecular complexity index is 1610. The number of hydrogen-bond donors (Lipinski definition) is 1. The molecule has 1 fully saturated rings. The maximum absolute atomic E-state index is 15.0. The summed E-state index contributed by atoms with van der Waals surface area (Å²) in [4.78, 5) is 33.5. The van der Waals surface area contributed by atoms with Crippen molar-refractivity contribution in [3.63, 3.8) is 0 Å². The molecule has 214 valence electrons. The fourth-order valence-electron chi connectivity index (χ4n) is 5.28. The predicted molar refractivity (Wildman–Crippen MR) is 151 cm³/mol. The molecule has 0 bridgehead atoms. The van der Waals surface area contributed by atoms with Gasteiger partial charge in [0.05, 0.1) is 23.6 Å². The normalized spacial score (nSPS) is 17.2. The second-order valence-corrected chi connectivity index (χ2v) is 11.6. The Hall–Kier alpha value is -4.35. The first-order chi connectivity index (χ1) is 19.5. The highest BCUT2D eigenvalue weighted by Gasteiger charge is 2.27. The van der Waals surface area contributed by atoms with E-state index in [0.29, 0.717) is 54.5 Å². The van der Waals surface area contributed by atoms with E-state index in [0.717, 1.165) is 30.7 Å². The third-order valence-corrected chi connectivity index (χ3v) is 7.21. The van der Waals surface area contributed by atoms with Crippen LogP contribution in [0.5, 0.6) is 0 Å². The zero-order valence-corrected chi connectivity index (χ0v) is 23.5. The van der Waals surface area contributed by atoms with E-state index in [9.17, 15) is 13.6 Å². The molecule has 0 aliphatic carbocycles. The van der Waals surface area contributed by atoms with Crippen LogP contribution in [0.15, 0.2) is 36.7 Å². The lowest BCUT2D eigenvalue weighted by Crippen LogP contribution is -2.50. The SMILES string of the molecule is CC1Cc2nc3c(F)cc(-c4nc(Nc5ccc(N6CCN(C(=O)OC(C)(C)C)CC6)cn5)ncc4F)cc3n2C1. The predicted octanol–water partition coefficient (Wildman–Crippen LogP) is 5.16. The van der Waals surface area contributed by atoms with E-state index >= 15 is 0 Å². The molecule has 5 heterocycles. The monoisotopic (exact) mass is 562 g/mol. The molecule has 2 aliphatic heterocycles. The highest BCUT2D eigenvalue weighted by Crippen LogP contribution is 2.32. The van der Waals surface area contributed by atoms with Gasteiger partial charge < -0.3 is 24.4 Å². The molecule has 1 atom stereocenters. The summed E-state index contributed by atoms with van der Waals surface area (Å²) < 4.78 is 37.3. The molecule has 1 saturated heterocycles. The van der Waals surface area contributed by atoms with E-state index in [-0.39, 0.29) is 17.7 Å². The lowest BCUT2D eigenvalue weighted by atomic mass is 10.1. The molecule has 1 unspecified atom stereocenters. The molecule has 1 N–H and O–H groups in total. The first-order valence-electron chi connectivity index (χ1n) is 13.7. The van der Waals surface area contributed by atoms with Crippen LogP contribution in [0, 0.1) is 17.6 Å². The van der Waals surface area contributed by atoms with Gasteiger partial charge in [-0.25, -0.2) is 33.5 Å². The Morgan fingerprint density at radius 1 is 1.02 bits per heavy atom. The molecule has 6 rings (SSSR count). The zero-order valence-electron chi connectivity index (χ0n) is 23.5. The average Bonchev–Trinajstić information content (AvgIpc) is 3.46. The quantitative estimate of drug-likeness (QED) is 0.364. The van der Waals surface area contributed by atoms with Gasteiger partial charge >= 0.3 is 6.09 Å². The Balaban J connectivity index is 1.15. The van der Waals surface area contributed by atoms with Crippen LogP contribution in [0.25, 0.3) is 22.3 Å². The van der Waals surface area contributed by atoms with Crippen LogP contribution >= 0.6 is 0 Å². The zero-order chi connectivity index (χ0) is 28.9. The molecule has 3 aromatic heterocycles. The summed E-state index contributed by atoms with van der Waals surface area (Å²) >= 11 is 0. The van der Waals surface area contributed by atoms with Gasteiger partial charge in [-0.05, 0) is 51.0 Å². The fraction of sp³-hybridized carbons (Fsp3) is 0.414. The van der Waals surface area contributed by atoms with Crippen molar-refractivity contribution < 1.29 is 18.3 Å². The van der Waals surface area contributed by atoms with Crippen LogP contribution in [0.3, 0.4) is 0 Å². The van der Waals surface area contributed by atoms with Crippen LogP contribution in [0.2, 0.25) is 0 Å². The number of piperazine rings is 1. The Morgan fingerprint density at radius 2 is 1.80 bits per heavy atom. The molecule has 41 heavy (non-hydrogen) atoms. The van der Waals surface area contributed by atoms with E-state index < -0.39 is 17.2 Å².